The van der Waals surface area contributed by atoms with Crippen LogP contribution in [0.2, 0.25) is 0 Å². The number of nitrogens with zero attached hydrogens (tertiary/aromatic N) is 4. The van der Waals surface area contributed by atoms with Crippen molar-refractivity contribution in [3.63, 3.8) is 0 Å². The quantitative estimate of drug-likeness (QED) is 0.0744. The first-order valence-corrected chi connectivity index (χ1v) is 29.0. The van der Waals surface area contributed by atoms with Crippen molar-refractivity contribution in [1.29, 1.82) is 0 Å². The van der Waals surface area contributed by atoms with Crippen molar-refractivity contribution in [3.8, 4) is 0 Å². The van der Waals surface area contributed by atoms with Crippen molar-refractivity contribution in [1.82, 2.24) is 14.4 Å². The van der Waals surface area contributed by atoms with Gasteiger partial charge in [-0.3, -0.25) is 13.8 Å². The maximum atomic E-state index is 14.5. The third kappa shape index (κ3) is 14.9. The summed E-state index contributed by atoms with van der Waals surface area (Å²) in [5.74, 6) is -6.40. The number of methoxy groups -OCH3 is 1. The number of nitroso groups, excluding NO2 is 1. The number of aromatic nitrogens is 1. The van der Waals surface area contributed by atoms with Gasteiger partial charge in [-0.25, -0.2) is 4.79 Å². The summed E-state index contributed by atoms with van der Waals surface area (Å²) in [6, 6.07) is 3.86. The molecule has 0 spiro atoms. The van der Waals surface area contributed by atoms with Crippen LogP contribution in [0, 0.1) is 28.6 Å². The normalized spacial score (nSPS) is 37.8. The van der Waals surface area contributed by atoms with Gasteiger partial charge in [0.05, 0.1) is 65.0 Å². The first kappa shape index (κ1) is 65.3. The molecule has 78 heavy (non-hydrogen) atoms. The number of benzene rings is 1. The van der Waals surface area contributed by atoms with Crippen LogP contribution >= 0.6 is 0 Å². The number of aryl methyl sites for hydroxylation is 2. The molecule has 5 rings (SSSR count). The number of rotatable bonds is 19. The smallest absolute Gasteiger partial charge is 0.341 e. The van der Waals surface area contributed by atoms with Gasteiger partial charge in [0, 0.05) is 56.1 Å². The van der Waals surface area contributed by atoms with Gasteiger partial charge < -0.3 is 68.3 Å². The first-order valence-electron chi connectivity index (χ1n) is 27.4. The van der Waals surface area contributed by atoms with Crippen LogP contribution < -0.4 is 5.43 Å². The van der Waals surface area contributed by atoms with Crippen LogP contribution in [0.5, 0.6) is 0 Å². The number of hydrogen-bond acceptors (Lipinski definition) is 20. The molecule has 23 heteroatoms. The summed E-state index contributed by atoms with van der Waals surface area (Å²) in [6.45, 7) is 19.1. The van der Waals surface area contributed by atoms with Crippen LogP contribution in [0.3, 0.4) is 0 Å². The number of carbonyl (C=O) groups excluding carboxylic acids is 1. The zero-order valence-corrected chi connectivity index (χ0v) is 49.2. The number of carboxylic acids is 1. The SMILES string of the molecule is CC[C@H]1OC(=O)[C@H](C)[C@@H](O[C@H]2C[C@@](C)(OC)[C@@H](OS(=O)(=O)CCN(C)CCCc3ccc4c(c3)c(=O)c(C(=O)O)cn4CC)[C@H](C)O2)[C@H](C)[C@@H](O[C@@H]2O[C@H](C)C[C@H](N(C)C)[C@H]2O)[C@](C)(O)C[C@@H](C)C(N=O)[C@H](C)[C@@H](O)[C@]1(C)O. The number of aliphatic hydroxyl groups is 4. The number of fused-ring (bicyclic) bond motifs is 1. The molecule has 0 amide bonds. The van der Waals surface area contributed by atoms with E-state index in [2.05, 4.69) is 5.18 Å². The molecule has 22 nitrogen and oxygen atoms in total. The van der Waals surface area contributed by atoms with Crippen LogP contribution in [-0.2, 0) is 60.5 Å². The molecule has 0 radical (unpaired) electrons. The Bertz CT molecular complexity index is 2530. The minimum Gasteiger partial charge on any atom is -0.477 e. The van der Waals surface area contributed by atoms with E-state index in [1.165, 1.54) is 27.2 Å². The summed E-state index contributed by atoms with van der Waals surface area (Å²) >= 11 is 0. The number of ether oxygens (including phenoxy) is 6. The molecular formula is C55H90N4O18S. The van der Waals surface area contributed by atoms with Gasteiger partial charge in [-0.15, -0.1) is 0 Å². The molecule has 19 atom stereocenters. The maximum Gasteiger partial charge on any atom is 0.341 e. The van der Waals surface area contributed by atoms with Crippen molar-refractivity contribution >= 4 is 33.0 Å². The molecule has 4 heterocycles. The Hall–Kier alpha value is -3.56. The minimum absolute atomic E-state index is 0.0689. The molecular weight excluding hydrogens is 1040 g/mol. The largest absolute Gasteiger partial charge is 0.477 e. The van der Waals surface area contributed by atoms with E-state index in [9.17, 15) is 53.2 Å². The van der Waals surface area contributed by atoms with Gasteiger partial charge in [0.25, 0.3) is 10.1 Å². The number of cyclic esters (lactones) is 1. The molecule has 3 fully saturated rings. The molecule has 1 aromatic carbocycles. The molecule has 0 bridgehead atoms. The molecule has 1 aromatic heterocycles. The number of pyridine rings is 1. The van der Waals surface area contributed by atoms with Crippen molar-refractivity contribution < 1.29 is 76.1 Å². The van der Waals surface area contributed by atoms with E-state index < -0.39 is 135 Å². The molecule has 5 N–H and O–H groups in total. The average Bonchev–Trinajstić information content (AvgIpc) is 3.37. The van der Waals surface area contributed by atoms with Crippen molar-refractivity contribution in [3.05, 3.63) is 50.7 Å². The van der Waals surface area contributed by atoms with Crippen molar-refractivity contribution in [2.75, 3.05) is 47.1 Å². The fraction of sp³-hybridized carbons (Fsp3) is 0.800. The highest BCUT2D eigenvalue weighted by molar-refractivity contribution is 7.86. The number of carbonyl (C=O) groups is 2. The Labute approximate surface area is 460 Å². The molecule has 3 aliphatic heterocycles. The summed E-state index contributed by atoms with van der Waals surface area (Å²) in [4.78, 5) is 55.7. The fourth-order valence-corrected chi connectivity index (χ4v) is 13.4. The summed E-state index contributed by atoms with van der Waals surface area (Å²) in [7, 11) is 2.60. The van der Waals surface area contributed by atoms with E-state index in [-0.39, 0.29) is 43.2 Å². The molecule has 1 unspecified atom stereocenters. The zero-order valence-electron chi connectivity index (χ0n) is 48.4. The van der Waals surface area contributed by atoms with Gasteiger partial charge in [-0.2, -0.15) is 13.3 Å². The van der Waals surface area contributed by atoms with Gasteiger partial charge in [-0.1, -0.05) is 38.9 Å². The lowest BCUT2D eigenvalue weighted by Gasteiger charge is -2.49. The average molecular weight is 1130 g/mol. The first-order chi connectivity index (χ1) is 36.3. The number of aliphatic hydroxyl groups excluding tert-OH is 2. The Balaban J connectivity index is 1.38. The topological polar surface area (TPSA) is 292 Å². The van der Waals surface area contributed by atoms with Gasteiger partial charge in [0.1, 0.15) is 29.5 Å². The minimum atomic E-state index is -4.23. The van der Waals surface area contributed by atoms with Crippen LogP contribution in [0.1, 0.15) is 124 Å². The Kier molecular flexibility index (Phi) is 22.2. The maximum absolute atomic E-state index is 14.5. The number of aromatic carboxylic acids is 1. The number of hydrogen-bond donors (Lipinski definition) is 5. The van der Waals surface area contributed by atoms with E-state index >= 15 is 0 Å². The van der Waals surface area contributed by atoms with E-state index in [1.54, 1.807) is 72.2 Å². The Morgan fingerprint density at radius 1 is 0.936 bits per heavy atom. The van der Waals surface area contributed by atoms with Crippen LogP contribution in [0.4, 0.5) is 0 Å². The lowest BCUT2D eigenvalue weighted by molar-refractivity contribution is -0.316. The third-order valence-electron chi connectivity index (χ3n) is 16.8. The van der Waals surface area contributed by atoms with Gasteiger partial charge >= 0.3 is 11.9 Å². The van der Waals surface area contributed by atoms with Gasteiger partial charge in [0.15, 0.2) is 12.6 Å². The van der Waals surface area contributed by atoms with Crippen molar-refractivity contribution in [2.24, 2.45) is 28.8 Å². The number of likely N-dealkylation sites (N-methyl/N-ethyl adjacent to an activating group) is 1. The standard InChI is InChI=1S/C55H90N4O18S/c1-16-41-55(11,67)47(62)32(5)43(56-68)30(3)27-53(9,66)48(76-52-45(61)40(57(12)13)25-31(4)72-52)33(6)46(34(7)51(65)74-41)75-42-28-54(10,71-15)49(35(8)73-42)77-78(69,70)24-23-58(14)22-18-19-36-20-21-39-37(26-36)44(60)38(50(63)64)29-59(39)17-2/h20-21,26,29-35,40-43,45-49,52,61-62,66-67H,16-19,22-25,27-28H2,1-15H3,(H,63,64)/t30-,31-,32+,33+,34-,35+,40+,41-,42+,43?,45-,46+,47-,48-,49+,52+,53-,54-,55-/m1/s1. The second kappa shape index (κ2) is 26.6. The van der Waals surface area contributed by atoms with E-state index in [0.717, 1.165) is 5.56 Å². The lowest BCUT2D eigenvalue weighted by atomic mass is 9.72. The van der Waals surface area contributed by atoms with Gasteiger partial charge in [0.2, 0.25) is 5.43 Å². The second-order valence-electron chi connectivity index (χ2n) is 23.4. The summed E-state index contributed by atoms with van der Waals surface area (Å²) in [6.07, 6.45) is -8.89. The predicted octanol–water partition coefficient (Wildman–Crippen LogP) is 4.30. The number of esters is 1. The predicted molar refractivity (Wildman–Crippen MR) is 290 cm³/mol. The highest BCUT2D eigenvalue weighted by Gasteiger charge is 2.55. The van der Waals surface area contributed by atoms with E-state index in [0.29, 0.717) is 43.3 Å². The monoisotopic (exact) mass is 1130 g/mol. The molecule has 0 aliphatic carbocycles. The Morgan fingerprint density at radius 3 is 2.19 bits per heavy atom. The molecule has 3 saturated heterocycles. The van der Waals surface area contributed by atoms with Gasteiger partial charge in [-0.05, 0) is 132 Å². The summed E-state index contributed by atoms with van der Waals surface area (Å²) < 4.78 is 73.5. The fourth-order valence-electron chi connectivity index (χ4n) is 12.1. The molecule has 3 aliphatic rings. The second-order valence-corrected chi connectivity index (χ2v) is 25.1. The highest BCUT2D eigenvalue weighted by Crippen LogP contribution is 2.42. The Morgan fingerprint density at radius 2 is 1.60 bits per heavy atom. The summed E-state index contributed by atoms with van der Waals surface area (Å²) in [5, 5.41) is 61.4. The molecule has 444 valence electrons. The van der Waals surface area contributed by atoms with E-state index in [4.69, 9.17) is 32.6 Å². The van der Waals surface area contributed by atoms with Crippen LogP contribution in [0.25, 0.3) is 10.9 Å². The van der Waals surface area contributed by atoms with Crippen LogP contribution in [0.15, 0.2) is 34.4 Å². The lowest BCUT2D eigenvalue weighted by Crippen LogP contribution is -2.61. The third-order valence-corrected chi connectivity index (χ3v) is 18.0. The highest BCUT2D eigenvalue weighted by atomic mass is 32.2. The summed E-state index contributed by atoms with van der Waals surface area (Å²) in [5.41, 5.74) is -4.70. The number of carboxylic acid groups (broad SMARTS) is 1. The van der Waals surface area contributed by atoms with Crippen molar-refractivity contribution in [2.45, 2.75) is 212 Å². The van der Waals surface area contributed by atoms with E-state index in [1.807, 2.05) is 43.8 Å². The zero-order chi connectivity index (χ0) is 58.6. The molecule has 2 aromatic rings. The van der Waals surface area contributed by atoms with Crippen LogP contribution in [-0.4, -0.2) is 198 Å². The molecule has 0 saturated carbocycles.